The first kappa shape index (κ1) is 21.2. The Hall–Kier alpha value is -4.05. The second-order valence-electron chi connectivity index (χ2n) is 7.10. The third kappa shape index (κ3) is 5.35. The molecule has 10 heteroatoms. The van der Waals surface area contributed by atoms with Gasteiger partial charge in [-0.3, -0.25) is 20.3 Å². The number of hydrogen-bond acceptors (Lipinski definition) is 8. The maximum absolute atomic E-state index is 13.5. The highest BCUT2D eigenvalue weighted by Gasteiger charge is 2.23. The molecule has 3 N–H and O–H groups in total. The van der Waals surface area contributed by atoms with Crippen LogP contribution in [-0.4, -0.2) is 38.7 Å². The van der Waals surface area contributed by atoms with Crippen LogP contribution < -0.4 is 11.2 Å². The summed E-state index contributed by atoms with van der Waals surface area (Å²) in [6.45, 7) is 1.60. The minimum absolute atomic E-state index is 0.137. The van der Waals surface area contributed by atoms with Gasteiger partial charge in [-0.05, 0) is 35.4 Å². The highest BCUT2D eigenvalue weighted by Crippen LogP contribution is 2.14. The average molecular weight is 434 g/mol. The highest BCUT2D eigenvalue weighted by molar-refractivity contribution is 6.69. The molecule has 0 bridgehead atoms. The van der Waals surface area contributed by atoms with E-state index in [1.165, 1.54) is 6.07 Å². The van der Waals surface area contributed by atoms with Crippen molar-refractivity contribution < 1.29 is 8.78 Å². The zero-order chi connectivity index (χ0) is 22.3. The van der Waals surface area contributed by atoms with Gasteiger partial charge in [0.05, 0.1) is 5.69 Å². The second-order valence-corrected chi connectivity index (χ2v) is 7.10. The maximum atomic E-state index is 13.5. The molecule has 32 heavy (non-hydrogen) atoms. The number of rotatable bonds is 8. The van der Waals surface area contributed by atoms with Gasteiger partial charge in [0.1, 0.15) is 5.71 Å². The summed E-state index contributed by atoms with van der Waals surface area (Å²) in [5.41, 5.74) is 11.9. The number of nitrogens with one attached hydrogen (secondary N) is 1. The highest BCUT2D eigenvalue weighted by atomic mass is 19.2. The van der Waals surface area contributed by atoms with Crippen LogP contribution in [0.15, 0.2) is 82.6 Å². The van der Waals surface area contributed by atoms with Crippen LogP contribution in [0.1, 0.15) is 11.1 Å². The zero-order valence-electron chi connectivity index (χ0n) is 17.0. The quantitative estimate of drug-likeness (QED) is 0.531. The lowest BCUT2D eigenvalue weighted by atomic mass is 10.1. The van der Waals surface area contributed by atoms with E-state index in [2.05, 4.69) is 35.6 Å². The molecule has 4 rings (SSSR count). The molecule has 2 aromatic heterocycles. The Morgan fingerprint density at radius 2 is 1.56 bits per heavy atom. The number of benzene rings is 1. The number of hydrogen-bond donors (Lipinski definition) is 2. The van der Waals surface area contributed by atoms with Gasteiger partial charge >= 0.3 is 0 Å². The van der Waals surface area contributed by atoms with Gasteiger partial charge in [0.25, 0.3) is 0 Å². The Morgan fingerprint density at radius 3 is 2.16 bits per heavy atom. The van der Waals surface area contributed by atoms with Gasteiger partial charge in [0.2, 0.25) is 0 Å². The van der Waals surface area contributed by atoms with E-state index in [1.807, 2.05) is 24.3 Å². The number of nitrogens with zero attached hydrogens (tertiary/aromatic N) is 6. The van der Waals surface area contributed by atoms with Gasteiger partial charge in [-0.25, -0.2) is 8.78 Å². The molecule has 8 nitrogen and oxygen atoms in total. The molecule has 3 heterocycles. The van der Waals surface area contributed by atoms with E-state index in [0.717, 1.165) is 23.3 Å². The van der Waals surface area contributed by atoms with Crippen molar-refractivity contribution in [1.29, 1.82) is 0 Å². The predicted molar refractivity (Wildman–Crippen MR) is 119 cm³/mol. The molecule has 162 valence electrons. The number of amidine groups is 1. The first-order valence-corrected chi connectivity index (χ1v) is 9.78. The topological polar surface area (TPSA) is 104 Å². The van der Waals surface area contributed by atoms with Crippen LogP contribution >= 0.6 is 0 Å². The summed E-state index contributed by atoms with van der Waals surface area (Å²) < 4.78 is 26.6. The van der Waals surface area contributed by atoms with Crippen molar-refractivity contribution in [3.63, 3.8) is 0 Å². The van der Waals surface area contributed by atoms with Gasteiger partial charge in [0.15, 0.2) is 23.2 Å². The van der Waals surface area contributed by atoms with E-state index in [0.29, 0.717) is 31.1 Å². The Bertz CT molecular complexity index is 1120. The number of pyridine rings is 2. The molecule has 1 aromatic carbocycles. The van der Waals surface area contributed by atoms with Crippen LogP contribution in [0.5, 0.6) is 0 Å². The van der Waals surface area contributed by atoms with Gasteiger partial charge < -0.3 is 5.73 Å². The monoisotopic (exact) mass is 434 g/mol. The van der Waals surface area contributed by atoms with Crippen LogP contribution in [-0.2, 0) is 13.1 Å². The fourth-order valence-electron chi connectivity index (χ4n) is 3.15. The molecular formula is C22H20F2N8. The minimum atomic E-state index is -0.976. The van der Waals surface area contributed by atoms with E-state index < -0.39 is 11.6 Å². The van der Waals surface area contributed by atoms with Crippen LogP contribution in [0, 0.1) is 11.6 Å². The van der Waals surface area contributed by atoms with Crippen molar-refractivity contribution in [3.8, 4) is 0 Å². The summed E-state index contributed by atoms with van der Waals surface area (Å²) in [7, 11) is 0. The summed E-state index contributed by atoms with van der Waals surface area (Å²) in [5.74, 6) is -1.78. The average Bonchev–Trinajstić information content (AvgIpc) is 3.15. The van der Waals surface area contributed by atoms with Gasteiger partial charge in [-0.1, -0.05) is 12.1 Å². The van der Waals surface area contributed by atoms with Crippen molar-refractivity contribution in [2.45, 2.75) is 13.1 Å². The molecule has 0 unspecified atom stereocenters. The molecule has 0 aliphatic carbocycles. The van der Waals surface area contributed by atoms with Crippen LogP contribution in [0.2, 0.25) is 0 Å². The fraction of sp³-hybridized carbons (Fsp3) is 0.136. The third-order valence-corrected chi connectivity index (χ3v) is 4.64. The molecule has 0 atom stereocenters. The van der Waals surface area contributed by atoms with Crippen molar-refractivity contribution in [2.24, 2.45) is 21.0 Å². The summed E-state index contributed by atoms with van der Waals surface area (Å²) in [4.78, 5) is 10.5. The molecule has 0 saturated carbocycles. The molecule has 0 spiro atoms. The van der Waals surface area contributed by atoms with Crippen molar-refractivity contribution >= 4 is 22.9 Å². The molecule has 1 aliphatic rings. The Morgan fingerprint density at radius 1 is 0.875 bits per heavy atom. The maximum Gasteiger partial charge on any atom is 0.175 e. The van der Waals surface area contributed by atoms with Crippen LogP contribution in [0.25, 0.3) is 0 Å². The van der Waals surface area contributed by atoms with E-state index >= 15 is 0 Å². The van der Waals surface area contributed by atoms with Gasteiger partial charge in [0, 0.05) is 50.5 Å². The minimum Gasteiger partial charge on any atom is -0.380 e. The summed E-state index contributed by atoms with van der Waals surface area (Å²) in [6, 6.07) is 11.1. The van der Waals surface area contributed by atoms with E-state index in [-0.39, 0.29) is 11.5 Å². The van der Waals surface area contributed by atoms with Crippen molar-refractivity contribution in [2.75, 3.05) is 12.0 Å². The lowest BCUT2D eigenvalue weighted by Gasteiger charge is -2.22. The Kier molecular flexibility index (Phi) is 6.52. The first-order chi connectivity index (χ1) is 15.6. The third-order valence-electron chi connectivity index (χ3n) is 4.64. The summed E-state index contributed by atoms with van der Waals surface area (Å²) in [5, 5.41) is 12.3. The van der Waals surface area contributed by atoms with Crippen LogP contribution in [0.4, 0.5) is 14.5 Å². The smallest absolute Gasteiger partial charge is 0.175 e. The SMILES string of the molecule is NC1=NN=C(CN(Cc2cccnc2)Cc2cccnc2)C1=NNc1ccc(F)c(F)c1. The molecule has 3 aromatic rings. The fourth-order valence-corrected chi connectivity index (χ4v) is 3.15. The predicted octanol–water partition coefficient (Wildman–Crippen LogP) is 2.95. The van der Waals surface area contributed by atoms with E-state index in [4.69, 9.17) is 5.73 Å². The number of hydrazone groups is 1. The number of anilines is 1. The Labute approximate surface area is 183 Å². The number of halogens is 2. The molecule has 0 saturated heterocycles. The van der Waals surface area contributed by atoms with Gasteiger partial charge in [-0.2, -0.15) is 5.10 Å². The van der Waals surface area contributed by atoms with Crippen molar-refractivity contribution in [3.05, 3.63) is 90.0 Å². The molecular weight excluding hydrogens is 414 g/mol. The Balaban J connectivity index is 1.52. The first-order valence-electron chi connectivity index (χ1n) is 9.78. The second kappa shape index (κ2) is 9.84. The molecule has 1 aliphatic heterocycles. The number of aromatic nitrogens is 2. The van der Waals surface area contributed by atoms with E-state index in [9.17, 15) is 8.78 Å². The van der Waals surface area contributed by atoms with Crippen molar-refractivity contribution in [1.82, 2.24) is 14.9 Å². The lowest BCUT2D eigenvalue weighted by molar-refractivity contribution is 0.295. The summed E-state index contributed by atoms with van der Waals surface area (Å²) in [6.07, 6.45) is 7.05. The van der Waals surface area contributed by atoms with Gasteiger partial charge in [-0.15, -0.1) is 10.2 Å². The van der Waals surface area contributed by atoms with Crippen LogP contribution in [0.3, 0.4) is 0 Å². The zero-order valence-corrected chi connectivity index (χ0v) is 17.0. The molecule has 0 fully saturated rings. The standard InChI is InChI=1S/C22H20F2N8/c23-18-6-5-17(9-19(18)24)28-30-21-20(29-31-22(21)25)14-32(12-15-3-1-7-26-10-15)13-16-4-2-8-27-11-16/h1-11,28H,12-14H2,(H2,25,30,31). The molecule has 0 radical (unpaired) electrons. The van der Waals surface area contributed by atoms with E-state index in [1.54, 1.807) is 24.8 Å². The molecule has 0 amide bonds. The largest absolute Gasteiger partial charge is 0.380 e. The number of nitrogens with two attached hydrogens (primary N) is 1. The summed E-state index contributed by atoms with van der Waals surface area (Å²) >= 11 is 0. The normalized spacial score (nSPS) is 14.5. The lowest BCUT2D eigenvalue weighted by Crippen LogP contribution is -2.36.